The average molecular weight is 356 g/mol. The van der Waals surface area contributed by atoms with Crippen molar-refractivity contribution in [1.82, 2.24) is 4.72 Å². The Morgan fingerprint density at radius 3 is 2.36 bits per heavy atom. The van der Waals surface area contributed by atoms with Gasteiger partial charge in [-0.05, 0) is 50.3 Å². The number of sulfonamides is 1. The van der Waals surface area contributed by atoms with Gasteiger partial charge in [-0.1, -0.05) is 59.7 Å². The van der Waals surface area contributed by atoms with E-state index in [1.54, 1.807) is 12.1 Å². The monoisotopic (exact) mass is 355 g/mol. The van der Waals surface area contributed by atoms with Crippen LogP contribution in [0.15, 0.2) is 71.1 Å². The number of hydrogen-bond acceptors (Lipinski definition) is 2. The van der Waals surface area contributed by atoms with Crippen molar-refractivity contribution in [3.05, 3.63) is 77.4 Å². The molecule has 0 amide bonds. The SMILES string of the molecule is Cc1ccc(S(=O)(=O)NCC(C2=CCCCC2)c2ccccc2)cc1. The third-order valence-corrected chi connectivity index (χ3v) is 6.22. The number of rotatable bonds is 6. The van der Waals surface area contributed by atoms with Crippen molar-refractivity contribution in [1.29, 1.82) is 0 Å². The summed E-state index contributed by atoms with van der Waals surface area (Å²) in [5, 5.41) is 0. The molecule has 132 valence electrons. The number of benzene rings is 2. The maximum Gasteiger partial charge on any atom is 0.240 e. The Hall–Kier alpha value is -1.91. The smallest absolute Gasteiger partial charge is 0.210 e. The van der Waals surface area contributed by atoms with Crippen molar-refractivity contribution < 1.29 is 8.42 Å². The topological polar surface area (TPSA) is 46.2 Å². The summed E-state index contributed by atoms with van der Waals surface area (Å²) in [7, 11) is -3.50. The molecule has 1 atom stereocenters. The van der Waals surface area contributed by atoms with E-state index in [2.05, 4.69) is 22.9 Å². The highest BCUT2D eigenvalue weighted by atomic mass is 32.2. The van der Waals surface area contributed by atoms with Gasteiger partial charge >= 0.3 is 0 Å². The summed E-state index contributed by atoms with van der Waals surface area (Å²) < 4.78 is 28.1. The summed E-state index contributed by atoms with van der Waals surface area (Å²) in [6.07, 6.45) is 6.83. The molecular weight excluding hydrogens is 330 g/mol. The minimum absolute atomic E-state index is 0.0988. The van der Waals surface area contributed by atoms with Crippen LogP contribution in [0, 0.1) is 6.92 Å². The van der Waals surface area contributed by atoms with Crippen LogP contribution in [-0.4, -0.2) is 15.0 Å². The van der Waals surface area contributed by atoms with Gasteiger partial charge < -0.3 is 0 Å². The van der Waals surface area contributed by atoms with Crippen molar-refractivity contribution in [2.75, 3.05) is 6.54 Å². The highest BCUT2D eigenvalue weighted by Gasteiger charge is 2.21. The molecule has 3 nitrogen and oxygen atoms in total. The van der Waals surface area contributed by atoms with Crippen LogP contribution in [0.25, 0.3) is 0 Å². The first-order chi connectivity index (χ1) is 12.1. The predicted molar refractivity (Wildman–Crippen MR) is 102 cm³/mol. The zero-order chi connectivity index (χ0) is 17.7. The number of aryl methyl sites for hydroxylation is 1. The molecule has 1 N–H and O–H groups in total. The molecule has 1 aliphatic rings. The van der Waals surface area contributed by atoms with Gasteiger partial charge in [0.25, 0.3) is 0 Å². The van der Waals surface area contributed by atoms with Gasteiger partial charge in [-0.2, -0.15) is 0 Å². The van der Waals surface area contributed by atoms with Gasteiger partial charge in [0.2, 0.25) is 10.0 Å². The Balaban J connectivity index is 1.81. The quantitative estimate of drug-likeness (QED) is 0.772. The van der Waals surface area contributed by atoms with E-state index in [1.807, 2.05) is 37.3 Å². The van der Waals surface area contributed by atoms with E-state index in [0.29, 0.717) is 11.4 Å². The minimum Gasteiger partial charge on any atom is -0.210 e. The molecule has 0 spiro atoms. The van der Waals surface area contributed by atoms with E-state index >= 15 is 0 Å². The van der Waals surface area contributed by atoms with Gasteiger partial charge in [-0.15, -0.1) is 0 Å². The van der Waals surface area contributed by atoms with Crippen molar-refractivity contribution in [2.24, 2.45) is 0 Å². The normalized spacial score (nSPS) is 16.3. The molecule has 0 fully saturated rings. The summed E-state index contributed by atoms with van der Waals surface area (Å²) in [6, 6.07) is 17.2. The molecule has 0 bridgehead atoms. The van der Waals surface area contributed by atoms with E-state index in [1.165, 1.54) is 24.0 Å². The van der Waals surface area contributed by atoms with Gasteiger partial charge in [0.15, 0.2) is 0 Å². The minimum atomic E-state index is -3.50. The Morgan fingerprint density at radius 2 is 1.72 bits per heavy atom. The second-order valence-electron chi connectivity index (χ2n) is 6.65. The Kier molecular flexibility index (Phi) is 5.71. The van der Waals surface area contributed by atoms with Crippen molar-refractivity contribution in [2.45, 2.75) is 43.4 Å². The van der Waals surface area contributed by atoms with Crippen LogP contribution < -0.4 is 4.72 Å². The maximum atomic E-state index is 12.6. The van der Waals surface area contributed by atoms with Crippen LogP contribution in [0.4, 0.5) is 0 Å². The lowest BCUT2D eigenvalue weighted by Gasteiger charge is -2.24. The largest absolute Gasteiger partial charge is 0.240 e. The third-order valence-electron chi connectivity index (χ3n) is 4.78. The van der Waals surface area contributed by atoms with Gasteiger partial charge in [0, 0.05) is 12.5 Å². The molecule has 25 heavy (non-hydrogen) atoms. The zero-order valence-corrected chi connectivity index (χ0v) is 15.4. The van der Waals surface area contributed by atoms with Crippen molar-refractivity contribution >= 4 is 10.0 Å². The standard InChI is InChI=1S/C21H25NO2S/c1-17-12-14-20(15-13-17)25(23,24)22-16-21(18-8-4-2-5-9-18)19-10-6-3-7-11-19/h2,4-5,8-10,12-15,21-22H,3,6-7,11,16H2,1H3. The highest BCUT2D eigenvalue weighted by Crippen LogP contribution is 2.31. The fourth-order valence-corrected chi connectivity index (χ4v) is 4.37. The molecule has 4 heteroatoms. The Morgan fingerprint density at radius 1 is 1.00 bits per heavy atom. The summed E-state index contributed by atoms with van der Waals surface area (Å²) in [5.41, 5.74) is 3.57. The van der Waals surface area contributed by atoms with Crippen molar-refractivity contribution in [3.8, 4) is 0 Å². The molecule has 0 saturated carbocycles. The predicted octanol–water partition coefficient (Wildman–Crippen LogP) is 4.56. The molecule has 3 rings (SSSR count). The van der Waals surface area contributed by atoms with Crippen molar-refractivity contribution in [3.63, 3.8) is 0 Å². The third kappa shape index (κ3) is 4.59. The van der Waals surface area contributed by atoms with E-state index in [0.717, 1.165) is 18.4 Å². The van der Waals surface area contributed by atoms with Crippen LogP contribution in [0.2, 0.25) is 0 Å². The van der Waals surface area contributed by atoms with Gasteiger partial charge in [-0.25, -0.2) is 13.1 Å². The fraction of sp³-hybridized carbons (Fsp3) is 0.333. The van der Waals surface area contributed by atoms with Gasteiger partial charge in [0.05, 0.1) is 4.90 Å². The molecule has 2 aromatic rings. The summed E-state index contributed by atoms with van der Waals surface area (Å²) in [5.74, 6) is 0.0988. The number of nitrogens with one attached hydrogen (secondary N) is 1. The Bertz CT molecular complexity index is 824. The molecule has 2 aromatic carbocycles. The lowest BCUT2D eigenvalue weighted by atomic mass is 9.85. The lowest BCUT2D eigenvalue weighted by molar-refractivity contribution is 0.571. The van der Waals surface area contributed by atoms with Crippen LogP contribution in [0.1, 0.15) is 42.7 Å². The molecular formula is C21H25NO2S. The molecule has 1 aliphatic carbocycles. The molecule has 0 aliphatic heterocycles. The Labute approximate surface area is 150 Å². The first-order valence-electron chi connectivity index (χ1n) is 8.86. The lowest BCUT2D eigenvalue weighted by Crippen LogP contribution is -2.29. The molecule has 0 heterocycles. The highest BCUT2D eigenvalue weighted by molar-refractivity contribution is 7.89. The van der Waals surface area contributed by atoms with Gasteiger partial charge in [0.1, 0.15) is 0 Å². The maximum absolute atomic E-state index is 12.6. The number of allylic oxidation sites excluding steroid dienone is 1. The van der Waals surface area contributed by atoms with E-state index < -0.39 is 10.0 Å². The van der Waals surface area contributed by atoms with Crippen LogP contribution in [0.5, 0.6) is 0 Å². The molecule has 0 aromatic heterocycles. The van der Waals surface area contributed by atoms with E-state index in [4.69, 9.17) is 0 Å². The second-order valence-corrected chi connectivity index (χ2v) is 8.42. The first-order valence-corrected chi connectivity index (χ1v) is 10.3. The zero-order valence-electron chi connectivity index (χ0n) is 14.6. The first kappa shape index (κ1) is 17.9. The van der Waals surface area contributed by atoms with Crippen LogP contribution in [-0.2, 0) is 10.0 Å². The summed E-state index contributed by atoms with van der Waals surface area (Å²) in [6.45, 7) is 2.34. The van der Waals surface area contributed by atoms with E-state index in [9.17, 15) is 8.42 Å². The average Bonchev–Trinajstić information content (AvgIpc) is 2.64. The fourth-order valence-electron chi connectivity index (χ4n) is 3.32. The summed E-state index contributed by atoms with van der Waals surface area (Å²) in [4.78, 5) is 0.322. The van der Waals surface area contributed by atoms with Crippen LogP contribution in [0.3, 0.4) is 0 Å². The number of hydrogen-bond donors (Lipinski definition) is 1. The van der Waals surface area contributed by atoms with Crippen LogP contribution >= 0.6 is 0 Å². The molecule has 0 saturated heterocycles. The molecule has 1 unspecified atom stereocenters. The second kappa shape index (κ2) is 7.98. The molecule has 0 radical (unpaired) electrons. The van der Waals surface area contributed by atoms with E-state index in [-0.39, 0.29) is 5.92 Å². The summed E-state index contributed by atoms with van der Waals surface area (Å²) >= 11 is 0. The van der Waals surface area contributed by atoms with Gasteiger partial charge in [-0.3, -0.25) is 0 Å².